The van der Waals surface area contributed by atoms with E-state index >= 15 is 0 Å². The molecule has 4 unspecified atom stereocenters. The Kier molecular flexibility index (Phi) is 3.79. The Morgan fingerprint density at radius 3 is 1.81 bits per heavy atom. The molecule has 8 saturated carbocycles. The van der Waals surface area contributed by atoms with Crippen LogP contribution in [0.3, 0.4) is 0 Å². The van der Waals surface area contributed by atoms with E-state index in [4.69, 9.17) is 0 Å². The van der Waals surface area contributed by atoms with Crippen molar-refractivity contribution in [2.24, 2.45) is 38.4 Å². The van der Waals surface area contributed by atoms with Gasteiger partial charge in [-0.3, -0.25) is 0 Å². The van der Waals surface area contributed by atoms with Crippen LogP contribution in [-0.4, -0.2) is 5.11 Å². The third-order valence-corrected chi connectivity index (χ3v) is 12.8. The predicted octanol–water partition coefficient (Wildman–Crippen LogP) is 8.61. The summed E-state index contributed by atoms with van der Waals surface area (Å²) in [5, 5.41) is 10.3. The van der Waals surface area contributed by atoms with Crippen molar-refractivity contribution >= 4 is 22.6 Å². The molecule has 174 valence electrons. The molecule has 9 rings (SSSR count). The molecule has 0 heterocycles. The van der Waals surface area contributed by atoms with E-state index < -0.39 is 0 Å². The fraction of sp³-hybridized carbons (Fsp3) is 0.800. The molecule has 0 amide bonds. The average molecular weight is 545 g/mol. The molecule has 1 aromatic carbocycles. The van der Waals surface area contributed by atoms with E-state index in [9.17, 15) is 5.11 Å². The van der Waals surface area contributed by atoms with Crippen LogP contribution in [-0.2, 0) is 5.41 Å². The highest BCUT2D eigenvalue weighted by atomic mass is 127. The number of hydrogen-bond donors (Lipinski definition) is 1. The number of rotatable bonds is 2. The van der Waals surface area contributed by atoms with Crippen molar-refractivity contribution in [1.82, 2.24) is 0 Å². The van der Waals surface area contributed by atoms with Crippen LogP contribution in [0, 0.1) is 42.0 Å². The highest BCUT2D eigenvalue weighted by molar-refractivity contribution is 14.1. The molecule has 1 aromatic rings. The summed E-state index contributed by atoms with van der Waals surface area (Å²) in [7, 11) is 0. The van der Waals surface area contributed by atoms with Gasteiger partial charge in [0, 0.05) is 0 Å². The minimum absolute atomic E-state index is 0.316. The number of aromatic hydroxyl groups is 1. The standard InChI is InChI=1S/C30H41IO/c1-24-8-20-9-25(2,11-24)16-29(10-20,15-24)30-17-26(3)12-27(4,18-30)14-28(13-26,19-30)21-5-6-23(32)22(31)7-21/h5-7,20,32H,8-19H2,1-4H3. The van der Waals surface area contributed by atoms with E-state index in [2.05, 4.69) is 62.4 Å². The van der Waals surface area contributed by atoms with Crippen LogP contribution in [0.2, 0.25) is 0 Å². The van der Waals surface area contributed by atoms with Crippen LogP contribution >= 0.6 is 22.6 Å². The monoisotopic (exact) mass is 544 g/mol. The third-order valence-electron chi connectivity index (χ3n) is 11.9. The Hall–Kier alpha value is -0.250. The topological polar surface area (TPSA) is 20.2 Å². The molecule has 0 aromatic heterocycles. The second-order valence-corrected chi connectivity index (χ2v) is 17.0. The summed E-state index contributed by atoms with van der Waals surface area (Å²) in [5.41, 5.74) is 5.13. The lowest BCUT2D eigenvalue weighted by atomic mass is 9.26. The van der Waals surface area contributed by atoms with Crippen molar-refractivity contribution in [2.45, 2.75) is 110 Å². The Labute approximate surface area is 208 Å². The molecule has 32 heavy (non-hydrogen) atoms. The zero-order valence-electron chi connectivity index (χ0n) is 20.6. The highest BCUT2D eigenvalue weighted by Crippen LogP contribution is 2.83. The maximum atomic E-state index is 10.3. The van der Waals surface area contributed by atoms with Gasteiger partial charge in [0.25, 0.3) is 0 Å². The molecule has 1 N–H and O–H groups in total. The summed E-state index contributed by atoms with van der Waals surface area (Å²) in [4.78, 5) is 0. The van der Waals surface area contributed by atoms with Gasteiger partial charge in [0.15, 0.2) is 0 Å². The highest BCUT2D eigenvalue weighted by Gasteiger charge is 2.74. The lowest BCUT2D eigenvalue weighted by Gasteiger charge is -2.78. The van der Waals surface area contributed by atoms with Gasteiger partial charge < -0.3 is 5.11 Å². The van der Waals surface area contributed by atoms with Crippen LogP contribution in [0.1, 0.15) is 110 Å². The van der Waals surface area contributed by atoms with Gasteiger partial charge in [-0.15, -0.1) is 0 Å². The Balaban J connectivity index is 1.40. The van der Waals surface area contributed by atoms with Gasteiger partial charge >= 0.3 is 0 Å². The summed E-state index contributed by atoms with van der Waals surface area (Å²) in [6.07, 6.45) is 17.7. The molecule has 8 bridgehead atoms. The van der Waals surface area contributed by atoms with Gasteiger partial charge in [0.1, 0.15) is 5.75 Å². The molecule has 8 aliphatic carbocycles. The second-order valence-electron chi connectivity index (χ2n) is 15.8. The van der Waals surface area contributed by atoms with Gasteiger partial charge in [-0.2, -0.15) is 0 Å². The fourth-order valence-corrected chi connectivity index (χ4v) is 14.0. The molecule has 2 heteroatoms. The predicted molar refractivity (Wildman–Crippen MR) is 139 cm³/mol. The van der Waals surface area contributed by atoms with Crippen LogP contribution in [0.5, 0.6) is 5.75 Å². The second kappa shape index (κ2) is 5.76. The molecule has 0 aliphatic heterocycles. The van der Waals surface area contributed by atoms with Crippen molar-refractivity contribution in [2.75, 3.05) is 0 Å². The summed E-state index contributed by atoms with van der Waals surface area (Å²) in [6.45, 7) is 10.7. The van der Waals surface area contributed by atoms with E-state index in [1.165, 1.54) is 77.0 Å². The molecule has 1 nitrogen and oxygen atoms in total. The maximum absolute atomic E-state index is 10.3. The first kappa shape index (κ1) is 21.1. The Bertz CT molecular complexity index is 988. The van der Waals surface area contributed by atoms with Gasteiger partial charge in [0.2, 0.25) is 0 Å². The molecular weight excluding hydrogens is 503 g/mol. The van der Waals surface area contributed by atoms with Crippen molar-refractivity contribution in [3.63, 3.8) is 0 Å². The fourth-order valence-electron chi connectivity index (χ4n) is 13.4. The number of phenols is 1. The van der Waals surface area contributed by atoms with E-state index in [0.717, 1.165) is 9.49 Å². The van der Waals surface area contributed by atoms with E-state index in [0.29, 0.717) is 43.7 Å². The average Bonchev–Trinajstić information content (AvgIpc) is 2.57. The molecular formula is C30H41IO. The molecule has 8 aliphatic rings. The summed E-state index contributed by atoms with van der Waals surface area (Å²) in [6, 6.07) is 6.64. The smallest absolute Gasteiger partial charge is 0.128 e. The Morgan fingerprint density at radius 1 is 0.688 bits per heavy atom. The van der Waals surface area contributed by atoms with Gasteiger partial charge in [-0.05, 0) is 161 Å². The summed E-state index contributed by atoms with van der Waals surface area (Å²) >= 11 is 2.35. The minimum Gasteiger partial charge on any atom is -0.507 e. The van der Waals surface area contributed by atoms with Crippen LogP contribution in [0.15, 0.2) is 18.2 Å². The number of phenolic OH excluding ortho intramolecular Hbond substituents is 1. The van der Waals surface area contributed by atoms with Crippen LogP contribution < -0.4 is 0 Å². The molecule has 0 radical (unpaired) electrons. The minimum atomic E-state index is 0.316. The van der Waals surface area contributed by atoms with Gasteiger partial charge in [-0.1, -0.05) is 33.8 Å². The third kappa shape index (κ3) is 2.63. The maximum Gasteiger partial charge on any atom is 0.128 e. The van der Waals surface area contributed by atoms with Crippen LogP contribution in [0.4, 0.5) is 0 Å². The Morgan fingerprint density at radius 2 is 1.25 bits per heavy atom. The van der Waals surface area contributed by atoms with Gasteiger partial charge in [0.05, 0.1) is 3.57 Å². The number of hydrogen-bond acceptors (Lipinski definition) is 1. The lowest BCUT2D eigenvalue weighted by Crippen LogP contribution is -2.69. The molecule has 8 fully saturated rings. The van der Waals surface area contributed by atoms with Gasteiger partial charge in [-0.25, -0.2) is 0 Å². The lowest BCUT2D eigenvalue weighted by molar-refractivity contribution is -0.270. The van der Waals surface area contributed by atoms with Crippen molar-refractivity contribution in [1.29, 1.82) is 0 Å². The van der Waals surface area contributed by atoms with Crippen molar-refractivity contribution < 1.29 is 5.11 Å². The first-order chi connectivity index (χ1) is 14.8. The zero-order valence-corrected chi connectivity index (χ0v) is 22.8. The van der Waals surface area contributed by atoms with E-state index in [1.54, 1.807) is 5.56 Å². The first-order valence-electron chi connectivity index (χ1n) is 13.3. The molecule has 0 spiro atoms. The van der Waals surface area contributed by atoms with E-state index in [1.807, 2.05) is 6.07 Å². The normalized spacial score (nSPS) is 57.3. The SMILES string of the molecule is CC12CC3CC(C)(C1)CC(C14CC5(C)CC(C)(CC(c6ccc(O)c(I)c6)(C5)C1)C4)(C3)C2. The van der Waals surface area contributed by atoms with Crippen molar-refractivity contribution in [3.05, 3.63) is 27.3 Å². The summed E-state index contributed by atoms with van der Waals surface area (Å²) in [5.74, 6) is 1.44. The number of halogens is 1. The number of benzene rings is 1. The van der Waals surface area contributed by atoms with Crippen molar-refractivity contribution in [3.8, 4) is 5.75 Å². The van der Waals surface area contributed by atoms with E-state index in [-0.39, 0.29) is 0 Å². The largest absolute Gasteiger partial charge is 0.507 e. The molecule has 4 atom stereocenters. The first-order valence-corrected chi connectivity index (χ1v) is 14.4. The summed E-state index contributed by atoms with van der Waals surface area (Å²) < 4.78 is 1.04. The molecule has 0 saturated heterocycles. The zero-order chi connectivity index (χ0) is 22.4. The van der Waals surface area contributed by atoms with Crippen LogP contribution in [0.25, 0.3) is 0 Å². The quantitative estimate of drug-likeness (QED) is 0.370.